The van der Waals surface area contributed by atoms with E-state index in [4.69, 9.17) is 4.74 Å². The molecule has 0 saturated heterocycles. The van der Waals surface area contributed by atoms with Gasteiger partial charge in [0.2, 0.25) is 0 Å². The summed E-state index contributed by atoms with van der Waals surface area (Å²) in [7, 11) is 0. The van der Waals surface area contributed by atoms with E-state index in [1.807, 2.05) is 0 Å². The Labute approximate surface area is 143 Å². The maximum absolute atomic E-state index is 11.6. The Morgan fingerprint density at radius 2 is 2.04 bits per heavy atom. The van der Waals surface area contributed by atoms with Crippen molar-refractivity contribution in [1.29, 1.82) is 0 Å². The molecule has 0 radical (unpaired) electrons. The minimum absolute atomic E-state index is 0.0149. The quantitative estimate of drug-likeness (QED) is 0.738. The van der Waals surface area contributed by atoms with Gasteiger partial charge in [-0.25, -0.2) is 4.79 Å². The van der Waals surface area contributed by atoms with E-state index in [2.05, 4.69) is 10.6 Å². The van der Waals surface area contributed by atoms with Crippen molar-refractivity contribution in [2.75, 3.05) is 6.61 Å². The monoisotopic (exact) mass is 355 g/mol. The zero-order valence-electron chi connectivity index (χ0n) is 13.5. The van der Waals surface area contributed by atoms with Crippen LogP contribution < -0.4 is 15.5 Å². The van der Waals surface area contributed by atoms with Crippen LogP contribution in [0.25, 0.3) is 0 Å². The van der Waals surface area contributed by atoms with Gasteiger partial charge in [0.15, 0.2) is 6.61 Å². The number of ether oxygens (including phenoxy) is 1. The van der Waals surface area contributed by atoms with Crippen LogP contribution in [-0.2, 0) is 20.9 Å². The number of hydrogen-bond acceptors (Lipinski definition) is 6. The van der Waals surface area contributed by atoms with Gasteiger partial charge in [0, 0.05) is 23.7 Å². The number of aryl methyl sites for hydroxylation is 1. The van der Waals surface area contributed by atoms with Crippen LogP contribution >= 0.6 is 11.3 Å². The number of nitrogens with zero attached hydrogens (tertiary/aromatic N) is 1. The smallest absolute Gasteiger partial charge is 0.321 e. The van der Waals surface area contributed by atoms with Crippen LogP contribution in [0.1, 0.15) is 37.8 Å². The van der Waals surface area contributed by atoms with Gasteiger partial charge in [-0.1, -0.05) is 24.2 Å². The number of hydrogen-bond donors (Lipinski definition) is 2. The lowest BCUT2D eigenvalue weighted by Gasteiger charge is -2.12. The molecule has 132 valence electrons. The van der Waals surface area contributed by atoms with Gasteiger partial charge in [0.25, 0.3) is 5.91 Å². The second-order valence-electron chi connectivity index (χ2n) is 5.71. The van der Waals surface area contributed by atoms with Crippen molar-refractivity contribution in [3.63, 3.8) is 0 Å². The molecule has 2 N–H and O–H groups in total. The Kier molecular flexibility index (Phi) is 6.53. The molecule has 1 saturated carbocycles. The molecule has 0 aliphatic heterocycles. The molecular formula is C15H21N3O5S. The Balaban J connectivity index is 1.64. The number of thiazole rings is 1. The summed E-state index contributed by atoms with van der Waals surface area (Å²) in [6, 6.07) is -0.462. The number of aromatic nitrogens is 1. The van der Waals surface area contributed by atoms with Crippen LogP contribution in [0, 0.1) is 6.92 Å². The molecule has 1 aromatic rings. The van der Waals surface area contributed by atoms with Crippen molar-refractivity contribution < 1.29 is 19.1 Å². The lowest BCUT2D eigenvalue weighted by molar-refractivity contribution is -0.148. The first-order chi connectivity index (χ1) is 11.5. The summed E-state index contributed by atoms with van der Waals surface area (Å²) in [5, 5.41) is 6.55. The number of urea groups is 1. The summed E-state index contributed by atoms with van der Waals surface area (Å²) in [5.41, 5.74) is 0.777. The molecule has 1 heterocycles. The van der Waals surface area contributed by atoms with Crippen LogP contribution in [0.3, 0.4) is 0 Å². The van der Waals surface area contributed by atoms with Crippen molar-refractivity contribution in [2.24, 2.45) is 0 Å². The lowest BCUT2D eigenvalue weighted by Crippen LogP contribution is -2.45. The number of amides is 3. The third-order valence-electron chi connectivity index (χ3n) is 3.82. The summed E-state index contributed by atoms with van der Waals surface area (Å²) in [6.45, 7) is 1.46. The minimum Gasteiger partial charge on any atom is -0.456 e. The van der Waals surface area contributed by atoms with Crippen molar-refractivity contribution in [3.05, 3.63) is 20.7 Å². The molecule has 1 aliphatic carbocycles. The number of carbonyl (C=O) groups excluding carboxylic acids is 3. The highest BCUT2D eigenvalue weighted by Crippen LogP contribution is 2.17. The van der Waals surface area contributed by atoms with Gasteiger partial charge in [0.1, 0.15) is 0 Å². The highest BCUT2D eigenvalue weighted by atomic mass is 32.1. The molecule has 2 rings (SSSR count). The van der Waals surface area contributed by atoms with E-state index in [1.165, 1.54) is 4.57 Å². The fraction of sp³-hybridized carbons (Fsp3) is 0.600. The van der Waals surface area contributed by atoms with E-state index >= 15 is 0 Å². The van der Waals surface area contributed by atoms with Crippen molar-refractivity contribution in [2.45, 2.75) is 51.6 Å². The topological polar surface area (TPSA) is 106 Å². The molecule has 0 unspecified atom stereocenters. The van der Waals surface area contributed by atoms with Crippen LogP contribution in [-0.4, -0.2) is 35.1 Å². The van der Waals surface area contributed by atoms with Gasteiger partial charge in [-0.3, -0.25) is 19.7 Å². The van der Waals surface area contributed by atoms with Gasteiger partial charge in [-0.2, -0.15) is 0 Å². The molecule has 9 heteroatoms. The summed E-state index contributed by atoms with van der Waals surface area (Å²) >= 11 is 1.07. The third-order valence-corrected chi connectivity index (χ3v) is 4.70. The SMILES string of the molecule is Cc1csc(=O)n1CCC(=O)OCC(=O)NC(=O)NC1CCCC1. The number of nitrogens with one attached hydrogen (secondary N) is 2. The molecule has 1 aromatic heterocycles. The predicted octanol–water partition coefficient (Wildman–Crippen LogP) is 0.920. The molecule has 24 heavy (non-hydrogen) atoms. The Morgan fingerprint density at radius 1 is 1.33 bits per heavy atom. The van der Waals surface area contributed by atoms with E-state index in [0.717, 1.165) is 42.7 Å². The number of carbonyl (C=O) groups is 3. The van der Waals surface area contributed by atoms with Crippen molar-refractivity contribution in [3.8, 4) is 0 Å². The van der Waals surface area contributed by atoms with Crippen molar-refractivity contribution in [1.82, 2.24) is 15.2 Å². The Morgan fingerprint density at radius 3 is 2.67 bits per heavy atom. The van der Waals surface area contributed by atoms with Crippen LogP contribution in [0.4, 0.5) is 4.79 Å². The molecular weight excluding hydrogens is 334 g/mol. The Bertz CT molecular complexity index is 660. The standard InChI is InChI=1S/C15H21N3O5S/c1-10-9-24-15(22)18(10)7-6-13(20)23-8-12(19)17-14(21)16-11-4-2-3-5-11/h9,11H,2-8H2,1H3,(H2,16,17,19,21). The van der Waals surface area contributed by atoms with E-state index in [1.54, 1.807) is 12.3 Å². The number of esters is 1. The van der Waals surface area contributed by atoms with Crippen LogP contribution in [0.5, 0.6) is 0 Å². The highest BCUT2D eigenvalue weighted by molar-refractivity contribution is 7.07. The Hall–Kier alpha value is -2.16. The van der Waals surface area contributed by atoms with E-state index in [0.29, 0.717) is 0 Å². The molecule has 0 atom stereocenters. The van der Waals surface area contributed by atoms with Gasteiger partial charge >= 0.3 is 16.9 Å². The zero-order chi connectivity index (χ0) is 17.5. The fourth-order valence-corrected chi connectivity index (χ4v) is 3.31. The average Bonchev–Trinajstić information content (AvgIpc) is 3.14. The van der Waals surface area contributed by atoms with Crippen molar-refractivity contribution >= 4 is 29.2 Å². The van der Waals surface area contributed by atoms with Gasteiger partial charge in [-0.05, 0) is 19.8 Å². The normalized spacial score (nSPS) is 14.4. The zero-order valence-corrected chi connectivity index (χ0v) is 14.3. The molecule has 0 spiro atoms. The molecule has 1 aliphatic rings. The first kappa shape index (κ1) is 18.2. The summed E-state index contributed by atoms with van der Waals surface area (Å²) < 4.78 is 6.28. The summed E-state index contributed by atoms with van der Waals surface area (Å²) in [6.07, 6.45) is 3.96. The maximum atomic E-state index is 11.6. The summed E-state index contributed by atoms with van der Waals surface area (Å²) in [5.74, 6) is -1.28. The van der Waals surface area contributed by atoms with Crippen LogP contribution in [0.15, 0.2) is 10.2 Å². The van der Waals surface area contributed by atoms with Gasteiger partial charge in [0.05, 0.1) is 6.42 Å². The fourth-order valence-electron chi connectivity index (χ4n) is 2.55. The second-order valence-corrected chi connectivity index (χ2v) is 6.53. The first-order valence-corrected chi connectivity index (χ1v) is 8.74. The van der Waals surface area contributed by atoms with Gasteiger partial charge < -0.3 is 14.6 Å². The molecule has 0 bridgehead atoms. The second kappa shape index (κ2) is 8.62. The molecule has 0 aromatic carbocycles. The largest absolute Gasteiger partial charge is 0.456 e. The number of imide groups is 1. The van der Waals surface area contributed by atoms with E-state index in [9.17, 15) is 19.2 Å². The van der Waals surface area contributed by atoms with Gasteiger partial charge in [-0.15, -0.1) is 0 Å². The third kappa shape index (κ3) is 5.48. The minimum atomic E-state index is -0.678. The van der Waals surface area contributed by atoms with E-state index < -0.39 is 24.5 Å². The summed E-state index contributed by atoms with van der Waals surface area (Å²) in [4.78, 5) is 46.1. The molecule has 8 nitrogen and oxygen atoms in total. The lowest BCUT2D eigenvalue weighted by atomic mass is 10.2. The average molecular weight is 355 g/mol. The predicted molar refractivity (Wildman–Crippen MR) is 87.8 cm³/mol. The number of rotatable bonds is 6. The first-order valence-electron chi connectivity index (χ1n) is 7.86. The van der Waals surface area contributed by atoms with E-state index in [-0.39, 0.29) is 23.9 Å². The van der Waals surface area contributed by atoms with Crippen LogP contribution in [0.2, 0.25) is 0 Å². The molecule has 1 fully saturated rings. The highest BCUT2D eigenvalue weighted by Gasteiger charge is 2.18. The maximum Gasteiger partial charge on any atom is 0.321 e. The molecule has 3 amide bonds.